The molecule has 1 aromatic heterocycles. The lowest BCUT2D eigenvalue weighted by Gasteiger charge is -2.07. The van der Waals surface area contributed by atoms with E-state index in [1.807, 2.05) is 0 Å². The molecule has 2 aromatic carbocycles. The molecule has 0 atom stereocenters. The Morgan fingerprint density at radius 3 is 2.82 bits per heavy atom. The van der Waals surface area contributed by atoms with Gasteiger partial charge in [-0.3, -0.25) is 9.48 Å². The van der Waals surface area contributed by atoms with E-state index >= 15 is 0 Å². The lowest BCUT2D eigenvalue weighted by molar-refractivity contribution is 0.101. The Bertz CT molecular complexity index is 891. The van der Waals surface area contributed by atoms with Crippen LogP contribution in [0.15, 0.2) is 36.4 Å². The summed E-state index contributed by atoms with van der Waals surface area (Å²) >= 11 is 5.71. The highest BCUT2D eigenvalue weighted by atomic mass is 35.5. The summed E-state index contributed by atoms with van der Waals surface area (Å²) in [6.07, 6.45) is 0. The number of amides is 1. The van der Waals surface area contributed by atoms with Crippen LogP contribution in [0.1, 0.15) is 10.5 Å². The molecule has 0 spiro atoms. The number of aryl methyl sites for hydroxylation is 1. The van der Waals surface area contributed by atoms with Gasteiger partial charge in [-0.05, 0) is 36.4 Å². The van der Waals surface area contributed by atoms with E-state index in [0.717, 1.165) is 0 Å². The number of anilines is 2. The second-order valence-electron chi connectivity index (χ2n) is 4.83. The van der Waals surface area contributed by atoms with E-state index in [1.165, 1.54) is 22.9 Å². The Labute approximate surface area is 130 Å². The van der Waals surface area contributed by atoms with Gasteiger partial charge in [0.25, 0.3) is 5.91 Å². The minimum absolute atomic E-state index is 0.0584. The van der Waals surface area contributed by atoms with Crippen molar-refractivity contribution in [3.63, 3.8) is 0 Å². The number of rotatable bonds is 2. The first-order valence-corrected chi connectivity index (χ1v) is 6.82. The molecular weight excluding hydrogens is 307 g/mol. The Hall–Kier alpha value is -2.60. The van der Waals surface area contributed by atoms with Gasteiger partial charge in [0.15, 0.2) is 0 Å². The third-order valence-electron chi connectivity index (χ3n) is 3.25. The maximum atomic E-state index is 13.2. The monoisotopic (exact) mass is 318 g/mol. The van der Waals surface area contributed by atoms with Gasteiger partial charge in [-0.25, -0.2) is 4.39 Å². The molecule has 0 aliphatic rings. The zero-order valence-corrected chi connectivity index (χ0v) is 12.4. The van der Waals surface area contributed by atoms with E-state index in [9.17, 15) is 9.18 Å². The third kappa shape index (κ3) is 2.48. The van der Waals surface area contributed by atoms with Crippen molar-refractivity contribution in [1.82, 2.24) is 9.78 Å². The first-order chi connectivity index (χ1) is 10.5. The molecule has 112 valence electrons. The van der Waals surface area contributed by atoms with E-state index in [0.29, 0.717) is 28.0 Å². The Morgan fingerprint density at radius 1 is 1.32 bits per heavy atom. The first-order valence-electron chi connectivity index (χ1n) is 6.44. The number of carbonyl (C=O) groups excluding carboxylic acids is 1. The summed E-state index contributed by atoms with van der Waals surface area (Å²) in [5.41, 5.74) is 7.73. The number of nitrogens with zero attached hydrogens (tertiary/aromatic N) is 2. The highest BCUT2D eigenvalue weighted by Gasteiger charge is 2.17. The highest BCUT2D eigenvalue weighted by Crippen LogP contribution is 2.23. The van der Waals surface area contributed by atoms with Gasteiger partial charge in [-0.1, -0.05) is 11.6 Å². The fraction of sp³-hybridized carbons (Fsp3) is 0.0667. The predicted molar refractivity (Wildman–Crippen MR) is 84.5 cm³/mol. The molecule has 0 saturated carbocycles. The van der Waals surface area contributed by atoms with Gasteiger partial charge >= 0.3 is 0 Å². The van der Waals surface area contributed by atoms with E-state index in [4.69, 9.17) is 17.3 Å². The maximum Gasteiger partial charge on any atom is 0.274 e. The van der Waals surface area contributed by atoms with Crippen LogP contribution < -0.4 is 11.1 Å². The molecule has 3 aromatic rings. The maximum absolute atomic E-state index is 13.2. The van der Waals surface area contributed by atoms with E-state index in [1.54, 1.807) is 25.2 Å². The molecule has 1 amide bonds. The van der Waals surface area contributed by atoms with Gasteiger partial charge in [0.1, 0.15) is 11.5 Å². The van der Waals surface area contributed by atoms with Gasteiger partial charge < -0.3 is 11.1 Å². The topological polar surface area (TPSA) is 72.9 Å². The second-order valence-corrected chi connectivity index (χ2v) is 5.24. The third-order valence-corrected chi connectivity index (χ3v) is 3.54. The quantitative estimate of drug-likeness (QED) is 0.713. The number of nitrogens with two attached hydrogens (primary N) is 1. The van der Waals surface area contributed by atoms with Gasteiger partial charge in [0, 0.05) is 23.8 Å². The highest BCUT2D eigenvalue weighted by molar-refractivity contribution is 6.31. The van der Waals surface area contributed by atoms with Gasteiger partial charge in [-0.15, -0.1) is 0 Å². The molecule has 0 bridgehead atoms. The lowest BCUT2D eigenvalue weighted by Crippen LogP contribution is -2.16. The summed E-state index contributed by atoms with van der Waals surface area (Å²) in [5, 5.41) is 7.52. The van der Waals surface area contributed by atoms with Gasteiger partial charge in [0.2, 0.25) is 0 Å². The normalized spacial score (nSPS) is 10.9. The first kappa shape index (κ1) is 14.3. The van der Waals surface area contributed by atoms with Crippen LogP contribution in [0.2, 0.25) is 5.02 Å². The molecule has 0 saturated heterocycles. The SMILES string of the molecule is Cn1nc2ccc(N)cc2c1C(=O)Nc1ccc(F)c(Cl)c1. The minimum Gasteiger partial charge on any atom is -0.399 e. The number of carbonyl (C=O) groups is 1. The molecule has 1 heterocycles. The lowest BCUT2D eigenvalue weighted by atomic mass is 10.2. The summed E-state index contributed by atoms with van der Waals surface area (Å²) in [7, 11) is 1.67. The van der Waals surface area contributed by atoms with Crippen molar-refractivity contribution in [2.75, 3.05) is 11.1 Å². The standard InChI is InChI=1S/C15H12ClFN4O/c1-21-14(10-6-8(18)2-5-13(10)20-21)15(22)19-9-3-4-12(17)11(16)7-9/h2-7H,18H2,1H3,(H,19,22). The average Bonchev–Trinajstić information content (AvgIpc) is 2.78. The van der Waals surface area contributed by atoms with Crippen LogP contribution in [-0.4, -0.2) is 15.7 Å². The summed E-state index contributed by atoms with van der Waals surface area (Å²) in [4.78, 5) is 12.5. The molecule has 5 nitrogen and oxygen atoms in total. The molecule has 7 heteroatoms. The van der Waals surface area contributed by atoms with Crippen molar-refractivity contribution in [3.05, 3.63) is 52.9 Å². The fourth-order valence-electron chi connectivity index (χ4n) is 2.25. The molecule has 0 radical (unpaired) electrons. The molecule has 0 aliphatic heterocycles. The molecule has 0 unspecified atom stereocenters. The van der Waals surface area contributed by atoms with Crippen molar-refractivity contribution in [1.29, 1.82) is 0 Å². The van der Waals surface area contributed by atoms with Crippen molar-refractivity contribution >= 4 is 39.8 Å². The molecule has 0 aliphatic carbocycles. The minimum atomic E-state index is -0.543. The number of hydrogen-bond acceptors (Lipinski definition) is 3. The zero-order chi connectivity index (χ0) is 15.9. The van der Waals surface area contributed by atoms with Crippen LogP contribution in [0.3, 0.4) is 0 Å². The fourth-order valence-corrected chi connectivity index (χ4v) is 2.43. The Balaban J connectivity index is 2.00. The molecule has 22 heavy (non-hydrogen) atoms. The summed E-state index contributed by atoms with van der Waals surface area (Å²) in [6, 6.07) is 9.13. The molecular formula is C15H12ClFN4O. The van der Waals surface area contributed by atoms with Crippen molar-refractivity contribution in [2.24, 2.45) is 7.05 Å². The smallest absolute Gasteiger partial charge is 0.274 e. The van der Waals surface area contributed by atoms with Gasteiger partial charge in [-0.2, -0.15) is 5.10 Å². The van der Waals surface area contributed by atoms with Crippen molar-refractivity contribution < 1.29 is 9.18 Å². The number of nitrogen functional groups attached to an aromatic ring is 1. The van der Waals surface area contributed by atoms with Crippen LogP contribution in [0.25, 0.3) is 10.9 Å². The number of fused-ring (bicyclic) bond motifs is 1. The van der Waals surface area contributed by atoms with Crippen LogP contribution >= 0.6 is 11.6 Å². The molecule has 3 N–H and O–H groups in total. The van der Waals surface area contributed by atoms with E-state index < -0.39 is 5.82 Å². The van der Waals surface area contributed by atoms with Crippen LogP contribution in [0.4, 0.5) is 15.8 Å². The van der Waals surface area contributed by atoms with Crippen molar-refractivity contribution in [3.8, 4) is 0 Å². The second kappa shape index (κ2) is 5.31. The number of hydrogen-bond donors (Lipinski definition) is 2. The number of nitrogens with one attached hydrogen (secondary N) is 1. The van der Waals surface area contributed by atoms with E-state index in [2.05, 4.69) is 10.4 Å². The number of aromatic nitrogens is 2. The Morgan fingerprint density at radius 2 is 2.09 bits per heavy atom. The Kier molecular flexibility index (Phi) is 3.46. The number of halogens is 2. The summed E-state index contributed by atoms with van der Waals surface area (Å²) < 4.78 is 14.6. The van der Waals surface area contributed by atoms with Gasteiger partial charge in [0.05, 0.1) is 10.5 Å². The number of benzene rings is 2. The zero-order valence-electron chi connectivity index (χ0n) is 11.6. The summed E-state index contributed by atoms with van der Waals surface area (Å²) in [6.45, 7) is 0. The molecule has 0 fully saturated rings. The summed E-state index contributed by atoms with van der Waals surface area (Å²) in [5.74, 6) is -0.920. The largest absolute Gasteiger partial charge is 0.399 e. The van der Waals surface area contributed by atoms with Crippen LogP contribution in [-0.2, 0) is 7.05 Å². The average molecular weight is 319 g/mol. The predicted octanol–water partition coefficient (Wildman–Crippen LogP) is 3.20. The van der Waals surface area contributed by atoms with E-state index in [-0.39, 0.29) is 10.9 Å². The van der Waals surface area contributed by atoms with Crippen molar-refractivity contribution in [2.45, 2.75) is 0 Å². The molecule has 3 rings (SSSR count). The van der Waals surface area contributed by atoms with Crippen LogP contribution in [0.5, 0.6) is 0 Å². The van der Waals surface area contributed by atoms with Crippen LogP contribution in [0, 0.1) is 5.82 Å².